The van der Waals surface area contributed by atoms with Gasteiger partial charge in [-0.1, -0.05) is 6.07 Å². The van der Waals surface area contributed by atoms with E-state index in [1.54, 1.807) is 12.1 Å². The van der Waals surface area contributed by atoms with Crippen LogP contribution in [0.3, 0.4) is 0 Å². The predicted molar refractivity (Wildman–Crippen MR) is 63.9 cm³/mol. The van der Waals surface area contributed by atoms with Crippen LogP contribution in [0.15, 0.2) is 18.2 Å². The molecule has 17 heavy (non-hydrogen) atoms. The second-order valence-corrected chi connectivity index (χ2v) is 4.34. The molecule has 1 aromatic rings. The second-order valence-electron chi connectivity index (χ2n) is 4.34. The lowest BCUT2D eigenvalue weighted by atomic mass is 10.1. The predicted octanol–water partition coefficient (Wildman–Crippen LogP) is 1.99. The van der Waals surface area contributed by atoms with Crippen molar-refractivity contribution < 1.29 is 14.3 Å². The summed E-state index contributed by atoms with van der Waals surface area (Å²) >= 11 is 0. The van der Waals surface area contributed by atoms with E-state index in [2.05, 4.69) is 0 Å². The van der Waals surface area contributed by atoms with Crippen LogP contribution in [0.5, 0.6) is 0 Å². The van der Waals surface area contributed by atoms with Crippen molar-refractivity contribution in [1.29, 1.82) is 0 Å². The summed E-state index contributed by atoms with van der Waals surface area (Å²) in [6.45, 7) is 1.81. The summed E-state index contributed by atoms with van der Waals surface area (Å²) in [6, 6.07) is 4.98. The smallest absolute Gasteiger partial charge is 0.164 e. The van der Waals surface area contributed by atoms with E-state index in [0.29, 0.717) is 18.3 Å². The van der Waals surface area contributed by atoms with Gasteiger partial charge in [0.05, 0.1) is 17.9 Å². The number of rotatable bonds is 5. The summed E-state index contributed by atoms with van der Waals surface area (Å²) in [7, 11) is 0. The van der Waals surface area contributed by atoms with Crippen molar-refractivity contribution in [1.82, 2.24) is 0 Å². The Morgan fingerprint density at radius 1 is 1.53 bits per heavy atom. The third-order valence-corrected chi connectivity index (χ3v) is 2.98. The quantitative estimate of drug-likeness (QED) is 0.796. The molecule has 0 radical (unpaired) electrons. The number of aliphatic hydroxyl groups excluding tert-OH is 1. The Balaban J connectivity index is 2.41. The summed E-state index contributed by atoms with van der Waals surface area (Å²) in [5, 5.41) is 9.05. The highest BCUT2D eigenvalue weighted by Crippen LogP contribution is 2.34. The molecule has 0 aromatic heterocycles. The zero-order chi connectivity index (χ0) is 12.4. The van der Waals surface area contributed by atoms with Gasteiger partial charge in [-0.2, -0.15) is 0 Å². The molecule has 4 heteroatoms. The number of anilines is 1. The number of benzene rings is 1. The standard InChI is InChI=1S/C13H16FNO2/c1-9(17)13-11(14)3-2-4-12(13)15(7-8-16)10-5-6-10/h2-4,10,16H,5-8H2,1H3. The molecule has 0 saturated heterocycles. The van der Waals surface area contributed by atoms with Gasteiger partial charge in [0.15, 0.2) is 5.78 Å². The first-order valence-corrected chi connectivity index (χ1v) is 5.82. The normalized spacial score (nSPS) is 14.8. The maximum Gasteiger partial charge on any atom is 0.164 e. The van der Waals surface area contributed by atoms with Gasteiger partial charge < -0.3 is 10.0 Å². The molecule has 2 rings (SSSR count). The number of halogens is 1. The molecule has 1 aliphatic carbocycles. The van der Waals surface area contributed by atoms with Crippen LogP contribution in [-0.4, -0.2) is 30.1 Å². The van der Waals surface area contributed by atoms with E-state index in [9.17, 15) is 9.18 Å². The summed E-state index contributed by atoms with van der Waals surface area (Å²) in [6.07, 6.45) is 2.07. The Kier molecular flexibility index (Phi) is 3.43. The summed E-state index contributed by atoms with van der Waals surface area (Å²) in [5.74, 6) is -0.764. The van der Waals surface area contributed by atoms with Gasteiger partial charge in [0, 0.05) is 12.6 Å². The summed E-state index contributed by atoms with van der Waals surface area (Å²) in [4.78, 5) is 13.4. The van der Waals surface area contributed by atoms with Crippen molar-refractivity contribution in [2.24, 2.45) is 0 Å². The largest absolute Gasteiger partial charge is 0.395 e. The highest BCUT2D eigenvalue weighted by atomic mass is 19.1. The maximum atomic E-state index is 13.7. The van der Waals surface area contributed by atoms with Gasteiger partial charge in [-0.05, 0) is 31.9 Å². The fraction of sp³-hybridized carbons (Fsp3) is 0.462. The molecule has 1 saturated carbocycles. The number of carbonyl (C=O) groups is 1. The molecule has 0 heterocycles. The van der Waals surface area contributed by atoms with Gasteiger partial charge in [-0.25, -0.2) is 4.39 Å². The molecule has 92 valence electrons. The Hall–Kier alpha value is -1.42. The molecule has 0 amide bonds. The highest BCUT2D eigenvalue weighted by molar-refractivity contribution is 6.00. The summed E-state index contributed by atoms with van der Waals surface area (Å²) in [5.41, 5.74) is 0.738. The average molecular weight is 237 g/mol. The van der Waals surface area contributed by atoms with Crippen LogP contribution < -0.4 is 4.90 Å². The van der Waals surface area contributed by atoms with Crippen LogP contribution in [0.25, 0.3) is 0 Å². The van der Waals surface area contributed by atoms with Crippen LogP contribution in [-0.2, 0) is 0 Å². The maximum absolute atomic E-state index is 13.7. The molecule has 0 atom stereocenters. The first-order valence-electron chi connectivity index (χ1n) is 5.82. The van der Waals surface area contributed by atoms with Gasteiger partial charge >= 0.3 is 0 Å². The number of nitrogens with zero attached hydrogens (tertiary/aromatic N) is 1. The monoisotopic (exact) mass is 237 g/mol. The van der Waals surface area contributed by atoms with E-state index in [1.165, 1.54) is 13.0 Å². The van der Waals surface area contributed by atoms with E-state index < -0.39 is 5.82 Å². The van der Waals surface area contributed by atoms with E-state index in [1.807, 2.05) is 4.90 Å². The van der Waals surface area contributed by atoms with Gasteiger partial charge in [-0.3, -0.25) is 4.79 Å². The van der Waals surface area contributed by atoms with E-state index in [4.69, 9.17) is 5.11 Å². The molecule has 1 N–H and O–H groups in total. The van der Waals surface area contributed by atoms with Crippen molar-refractivity contribution in [2.75, 3.05) is 18.1 Å². The average Bonchev–Trinajstić information content (AvgIpc) is 3.08. The number of carbonyl (C=O) groups excluding carboxylic acids is 1. The fourth-order valence-corrected chi connectivity index (χ4v) is 2.09. The molecule has 0 aliphatic heterocycles. The highest BCUT2D eigenvalue weighted by Gasteiger charge is 2.31. The van der Waals surface area contributed by atoms with Gasteiger partial charge in [-0.15, -0.1) is 0 Å². The number of Topliss-reactive ketones (excluding diaryl/α,β-unsaturated/α-hetero) is 1. The number of aliphatic hydroxyl groups is 1. The Morgan fingerprint density at radius 3 is 2.76 bits per heavy atom. The van der Waals surface area contributed by atoms with Crippen LogP contribution in [0.1, 0.15) is 30.1 Å². The summed E-state index contributed by atoms with van der Waals surface area (Å²) < 4.78 is 13.7. The lowest BCUT2D eigenvalue weighted by molar-refractivity contribution is 0.101. The Labute approximate surface area is 99.9 Å². The SMILES string of the molecule is CC(=O)c1c(F)cccc1N(CCO)C1CC1. The zero-order valence-corrected chi connectivity index (χ0v) is 9.82. The first-order chi connectivity index (χ1) is 8.15. The minimum Gasteiger partial charge on any atom is -0.395 e. The molecule has 0 spiro atoms. The molecule has 1 aliphatic rings. The number of hydrogen-bond donors (Lipinski definition) is 1. The van der Waals surface area contributed by atoms with Crippen LogP contribution >= 0.6 is 0 Å². The fourth-order valence-electron chi connectivity index (χ4n) is 2.09. The minimum absolute atomic E-state index is 0.00432. The van der Waals surface area contributed by atoms with Crippen LogP contribution in [0.4, 0.5) is 10.1 Å². The Bertz CT molecular complexity index is 429. The van der Waals surface area contributed by atoms with E-state index in [-0.39, 0.29) is 18.0 Å². The van der Waals surface area contributed by atoms with Crippen molar-refractivity contribution in [2.45, 2.75) is 25.8 Å². The van der Waals surface area contributed by atoms with Crippen molar-refractivity contribution in [3.8, 4) is 0 Å². The van der Waals surface area contributed by atoms with Crippen molar-refractivity contribution in [3.63, 3.8) is 0 Å². The molecule has 1 aromatic carbocycles. The molecule has 0 bridgehead atoms. The second kappa shape index (κ2) is 4.84. The third kappa shape index (κ3) is 2.47. The third-order valence-electron chi connectivity index (χ3n) is 2.98. The van der Waals surface area contributed by atoms with E-state index >= 15 is 0 Å². The lowest BCUT2D eigenvalue weighted by Crippen LogP contribution is -2.30. The molecule has 1 fully saturated rings. The topological polar surface area (TPSA) is 40.5 Å². The zero-order valence-electron chi connectivity index (χ0n) is 9.82. The molecule has 3 nitrogen and oxygen atoms in total. The molecular formula is C13H16FNO2. The first kappa shape index (κ1) is 12.0. The minimum atomic E-state index is -0.487. The molecular weight excluding hydrogens is 221 g/mol. The number of hydrogen-bond acceptors (Lipinski definition) is 3. The van der Waals surface area contributed by atoms with Crippen LogP contribution in [0, 0.1) is 5.82 Å². The van der Waals surface area contributed by atoms with Crippen molar-refractivity contribution in [3.05, 3.63) is 29.6 Å². The number of ketones is 1. The van der Waals surface area contributed by atoms with E-state index in [0.717, 1.165) is 12.8 Å². The van der Waals surface area contributed by atoms with Crippen molar-refractivity contribution >= 4 is 11.5 Å². The van der Waals surface area contributed by atoms with Gasteiger partial charge in [0.1, 0.15) is 5.82 Å². The Morgan fingerprint density at radius 2 is 2.24 bits per heavy atom. The lowest BCUT2D eigenvalue weighted by Gasteiger charge is -2.25. The van der Waals surface area contributed by atoms with Crippen LogP contribution in [0.2, 0.25) is 0 Å². The molecule has 0 unspecified atom stereocenters. The van der Waals surface area contributed by atoms with Gasteiger partial charge in [0.25, 0.3) is 0 Å². The van der Waals surface area contributed by atoms with Gasteiger partial charge in [0.2, 0.25) is 0 Å².